The second-order valence-corrected chi connectivity index (χ2v) is 13.9. The molecule has 7 heteroatoms. The van der Waals surface area contributed by atoms with Gasteiger partial charge in [0.15, 0.2) is 0 Å². The number of carbonyl (C=O) groups excluding carboxylic acids is 1. The van der Waals surface area contributed by atoms with Crippen LogP contribution in [0, 0.1) is 17.6 Å². The Morgan fingerprint density at radius 2 is 1.76 bits per heavy atom. The van der Waals surface area contributed by atoms with Crippen molar-refractivity contribution in [3.63, 3.8) is 0 Å². The Morgan fingerprint density at radius 3 is 2.38 bits per heavy atom. The Labute approximate surface area is 228 Å². The van der Waals surface area contributed by atoms with Crippen molar-refractivity contribution in [1.29, 1.82) is 0 Å². The third-order valence-corrected chi connectivity index (χ3v) is 11.4. The lowest BCUT2D eigenvalue weighted by molar-refractivity contribution is -0.148. The molecule has 1 unspecified atom stereocenters. The van der Waals surface area contributed by atoms with Crippen molar-refractivity contribution in [2.24, 2.45) is 5.92 Å². The summed E-state index contributed by atoms with van der Waals surface area (Å²) < 4.78 is 34.7. The summed E-state index contributed by atoms with van der Waals surface area (Å²) in [7, 11) is 5.89. The average Bonchev–Trinajstić information content (AvgIpc) is 3.32. The van der Waals surface area contributed by atoms with Crippen molar-refractivity contribution < 1.29 is 18.3 Å². The molecule has 1 saturated heterocycles. The summed E-state index contributed by atoms with van der Waals surface area (Å²) in [6, 6.07) is 13.5. The van der Waals surface area contributed by atoms with Crippen LogP contribution >= 0.6 is 21.6 Å². The first-order chi connectivity index (χ1) is 17.8. The predicted octanol–water partition coefficient (Wildman–Crippen LogP) is 7.98. The molecule has 0 amide bonds. The number of unbranched alkanes of at least 4 members (excludes halogenated alkanes) is 1. The van der Waals surface area contributed by atoms with Gasteiger partial charge in [0.05, 0.1) is 0 Å². The Kier molecular flexibility index (Phi) is 9.98. The van der Waals surface area contributed by atoms with Crippen LogP contribution in [0.15, 0.2) is 48.5 Å². The molecule has 1 saturated carbocycles. The van der Waals surface area contributed by atoms with E-state index in [0.717, 1.165) is 56.1 Å². The zero-order chi connectivity index (χ0) is 26.3. The number of hydrogen-bond acceptors (Lipinski definition) is 5. The van der Waals surface area contributed by atoms with Crippen LogP contribution in [0.1, 0.15) is 75.8 Å². The average molecular weight is 548 g/mol. The number of esters is 1. The largest absolute Gasteiger partial charge is 0.449 e. The normalized spacial score (nSPS) is 23.3. The predicted molar refractivity (Wildman–Crippen MR) is 151 cm³/mol. The molecular formula is C30H39F2NO2S2. The molecule has 0 radical (unpaired) electrons. The molecule has 1 heterocycles. The monoisotopic (exact) mass is 547 g/mol. The highest BCUT2D eigenvalue weighted by atomic mass is 33.1. The number of halogens is 2. The molecule has 1 aliphatic carbocycles. The van der Waals surface area contributed by atoms with Crippen LogP contribution in [-0.4, -0.2) is 41.7 Å². The molecule has 2 fully saturated rings. The van der Waals surface area contributed by atoms with Gasteiger partial charge in [0.2, 0.25) is 0 Å². The third-order valence-electron chi connectivity index (χ3n) is 8.04. The molecule has 2 atom stereocenters. The maximum absolute atomic E-state index is 14.4. The summed E-state index contributed by atoms with van der Waals surface area (Å²) in [4.78, 5) is 14.5. The van der Waals surface area contributed by atoms with Gasteiger partial charge in [-0.1, -0.05) is 65.1 Å². The van der Waals surface area contributed by atoms with Crippen molar-refractivity contribution in [3.8, 4) is 0 Å². The Hall–Kier alpha value is -1.57. The molecule has 37 heavy (non-hydrogen) atoms. The molecule has 0 aromatic heterocycles. The first kappa shape index (κ1) is 28.4. The maximum Gasteiger partial charge on any atom is 0.307 e. The number of nitrogens with zero attached hydrogens (tertiary/aromatic N) is 1. The number of benzene rings is 2. The first-order valence-corrected chi connectivity index (χ1v) is 15.8. The molecule has 2 aromatic rings. The summed E-state index contributed by atoms with van der Waals surface area (Å²) in [5, 5.41) is 0. The lowest BCUT2D eigenvalue weighted by Crippen LogP contribution is -2.45. The Balaban J connectivity index is 1.38. The van der Waals surface area contributed by atoms with Crippen molar-refractivity contribution in [2.45, 2.75) is 74.9 Å². The summed E-state index contributed by atoms with van der Waals surface area (Å²) >= 11 is 0. The lowest BCUT2D eigenvalue weighted by Gasteiger charge is -2.46. The number of ether oxygens (including phenoxy) is 1. The minimum Gasteiger partial charge on any atom is -0.449 e. The standard InChI is InChI=1S/C30H39F2NO2S2/c1-29(17-18-36-37-29)15-5-4-14-28(34)35-22-33(2)21-25-9-3-6-16-30(25,23-10-7-12-26(31)19-23)24-11-8-13-27(32)20-24/h7-8,10-13,19-20,25H,3-6,9,14-18,21-22H2,1-2H3/t25?,29-/m1/s1. The first-order valence-electron chi connectivity index (χ1n) is 13.5. The van der Waals surface area contributed by atoms with Gasteiger partial charge in [-0.2, -0.15) is 0 Å². The van der Waals surface area contributed by atoms with Crippen LogP contribution < -0.4 is 0 Å². The summed E-state index contributed by atoms with van der Waals surface area (Å²) in [6.07, 6.45) is 8.57. The van der Waals surface area contributed by atoms with Gasteiger partial charge >= 0.3 is 5.97 Å². The summed E-state index contributed by atoms with van der Waals surface area (Å²) in [6.45, 7) is 3.22. The maximum atomic E-state index is 14.4. The van der Waals surface area contributed by atoms with Gasteiger partial charge in [-0.25, -0.2) is 8.78 Å². The van der Waals surface area contributed by atoms with E-state index in [1.807, 2.05) is 45.7 Å². The van der Waals surface area contributed by atoms with E-state index >= 15 is 0 Å². The fourth-order valence-electron chi connectivity index (χ4n) is 6.05. The van der Waals surface area contributed by atoms with Crippen LogP contribution in [0.25, 0.3) is 0 Å². The zero-order valence-corrected chi connectivity index (χ0v) is 23.7. The second-order valence-electron chi connectivity index (χ2n) is 10.9. The molecule has 202 valence electrons. The quantitative estimate of drug-likeness (QED) is 0.123. The minimum atomic E-state index is -0.493. The molecule has 4 rings (SSSR count). The zero-order valence-electron chi connectivity index (χ0n) is 22.0. The Morgan fingerprint density at radius 1 is 1.05 bits per heavy atom. The van der Waals surface area contributed by atoms with E-state index < -0.39 is 5.41 Å². The van der Waals surface area contributed by atoms with Crippen LogP contribution in [-0.2, 0) is 14.9 Å². The Bertz CT molecular complexity index is 998. The van der Waals surface area contributed by atoms with E-state index in [2.05, 4.69) is 6.92 Å². The number of hydrogen-bond donors (Lipinski definition) is 0. The van der Waals surface area contributed by atoms with E-state index in [-0.39, 0.29) is 30.3 Å². The summed E-state index contributed by atoms with van der Waals surface area (Å²) in [5.41, 5.74) is 1.29. The van der Waals surface area contributed by atoms with E-state index in [4.69, 9.17) is 4.74 Å². The highest BCUT2D eigenvalue weighted by Gasteiger charge is 2.44. The van der Waals surface area contributed by atoms with Gasteiger partial charge < -0.3 is 4.74 Å². The SMILES string of the molecule is CN(COC(=O)CCCC[C@]1(C)CCSS1)CC1CCCCC1(c1cccc(F)c1)c1cccc(F)c1. The van der Waals surface area contributed by atoms with Gasteiger partial charge in [-0.3, -0.25) is 9.69 Å². The van der Waals surface area contributed by atoms with Gasteiger partial charge in [0.1, 0.15) is 18.4 Å². The number of rotatable bonds is 11. The van der Waals surface area contributed by atoms with Crippen LogP contribution in [0.3, 0.4) is 0 Å². The molecule has 3 nitrogen and oxygen atoms in total. The van der Waals surface area contributed by atoms with Crippen molar-refractivity contribution in [3.05, 3.63) is 71.3 Å². The topological polar surface area (TPSA) is 29.5 Å². The third kappa shape index (κ3) is 7.30. The van der Waals surface area contributed by atoms with E-state index in [0.29, 0.717) is 17.7 Å². The van der Waals surface area contributed by atoms with Crippen molar-refractivity contribution >= 4 is 27.6 Å². The van der Waals surface area contributed by atoms with E-state index in [1.54, 1.807) is 24.3 Å². The van der Waals surface area contributed by atoms with Crippen molar-refractivity contribution in [1.82, 2.24) is 4.90 Å². The van der Waals surface area contributed by atoms with Gasteiger partial charge in [-0.05, 0) is 87.4 Å². The highest BCUT2D eigenvalue weighted by molar-refractivity contribution is 8.77. The molecule has 0 N–H and O–H groups in total. The van der Waals surface area contributed by atoms with Gasteiger partial charge in [0, 0.05) is 28.9 Å². The highest BCUT2D eigenvalue weighted by Crippen LogP contribution is 2.50. The second kappa shape index (κ2) is 13.0. The molecule has 2 aliphatic rings. The van der Waals surface area contributed by atoms with Gasteiger partial charge in [0.25, 0.3) is 0 Å². The van der Waals surface area contributed by atoms with E-state index in [9.17, 15) is 13.6 Å². The molecule has 0 spiro atoms. The molecule has 0 bridgehead atoms. The van der Waals surface area contributed by atoms with Gasteiger partial charge in [-0.15, -0.1) is 0 Å². The summed E-state index contributed by atoms with van der Waals surface area (Å²) in [5.74, 6) is 0.640. The molecule has 2 aromatic carbocycles. The van der Waals surface area contributed by atoms with Crippen LogP contribution in [0.2, 0.25) is 0 Å². The number of carbonyl (C=O) groups is 1. The van der Waals surface area contributed by atoms with Crippen LogP contribution in [0.5, 0.6) is 0 Å². The van der Waals surface area contributed by atoms with E-state index in [1.165, 1.54) is 24.3 Å². The van der Waals surface area contributed by atoms with Crippen molar-refractivity contribution in [2.75, 3.05) is 26.1 Å². The molecule has 1 aliphatic heterocycles. The van der Waals surface area contributed by atoms with Crippen LogP contribution in [0.4, 0.5) is 8.78 Å². The minimum absolute atomic E-state index is 0.135. The smallest absolute Gasteiger partial charge is 0.307 e. The fraction of sp³-hybridized carbons (Fsp3) is 0.567. The lowest BCUT2D eigenvalue weighted by atomic mass is 9.59. The molecular weight excluding hydrogens is 508 g/mol. The fourth-order valence-corrected chi connectivity index (χ4v) is 9.35.